The van der Waals surface area contributed by atoms with Gasteiger partial charge in [-0.15, -0.1) is 0 Å². The van der Waals surface area contributed by atoms with Crippen LogP contribution in [-0.4, -0.2) is 22.8 Å². The van der Waals surface area contributed by atoms with Gasteiger partial charge in [-0.2, -0.15) is 0 Å². The van der Waals surface area contributed by atoms with Crippen LogP contribution in [0.25, 0.3) is 0 Å². The van der Waals surface area contributed by atoms with Gasteiger partial charge in [-0.1, -0.05) is 35.9 Å². The van der Waals surface area contributed by atoms with E-state index in [0.717, 1.165) is 16.3 Å². The molecule has 0 unspecified atom stereocenters. The molecule has 0 atom stereocenters. The maximum atomic E-state index is 11.5. The number of pyridine rings is 1. The van der Waals surface area contributed by atoms with Crippen LogP contribution in [0.1, 0.15) is 21.7 Å². The Bertz CT molecular complexity index is 633. The lowest BCUT2D eigenvalue weighted by Crippen LogP contribution is -2.31. The summed E-state index contributed by atoms with van der Waals surface area (Å²) in [6.07, 6.45) is 0. The highest BCUT2D eigenvalue weighted by Gasteiger charge is 2.09. The molecule has 5 nitrogen and oxygen atoms in total. The average Bonchev–Trinajstić information content (AvgIpc) is 2.49. The Hall–Kier alpha value is -1.95. The van der Waals surface area contributed by atoms with Crippen LogP contribution in [0, 0.1) is 0 Å². The molecule has 1 aromatic heterocycles. The summed E-state index contributed by atoms with van der Waals surface area (Å²) in [4.78, 5) is 17.8. The summed E-state index contributed by atoms with van der Waals surface area (Å²) in [5.74, 6) is 4.71. The molecule has 21 heavy (non-hydrogen) atoms. The Morgan fingerprint density at radius 1 is 1.24 bits per heavy atom. The molecule has 0 aliphatic heterocycles. The molecule has 0 fully saturated rings. The highest BCUT2D eigenvalue weighted by Crippen LogP contribution is 2.17. The first-order valence-corrected chi connectivity index (χ1v) is 6.87. The van der Waals surface area contributed by atoms with E-state index in [-0.39, 0.29) is 0 Å². The molecule has 2 rings (SSSR count). The monoisotopic (exact) mass is 304 g/mol. The van der Waals surface area contributed by atoms with Gasteiger partial charge in [0.15, 0.2) is 0 Å². The van der Waals surface area contributed by atoms with E-state index < -0.39 is 5.91 Å². The number of carbonyl (C=O) groups excluding carboxylic acids is 1. The van der Waals surface area contributed by atoms with E-state index in [4.69, 9.17) is 17.4 Å². The molecule has 0 aliphatic rings. The van der Waals surface area contributed by atoms with E-state index in [9.17, 15) is 4.79 Å². The molecule has 0 aliphatic carbocycles. The number of nitrogens with one attached hydrogen (secondary N) is 1. The zero-order chi connectivity index (χ0) is 15.2. The first kappa shape index (κ1) is 15.4. The summed E-state index contributed by atoms with van der Waals surface area (Å²) in [6.45, 7) is 1.31. The van der Waals surface area contributed by atoms with Gasteiger partial charge < -0.3 is 0 Å². The van der Waals surface area contributed by atoms with Crippen molar-refractivity contribution in [1.29, 1.82) is 0 Å². The minimum absolute atomic E-state index is 0.307. The topological polar surface area (TPSA) is 71.2 Å². The number of rotatable bonds is 5. The Labute approximate surface area is 128 Å². The van der Waals surface area contributed by atoms with E-state index in [1.807, 2.05) is 37.4 Å². The lowest BCUT2D eigenvalue weighted by atomic mass is 10.2. The highest BCUT2D eigenvalue weighted by molar-refractivity contribution is 6.31. The van der Waals surface area contributed by atoms with E-state index in [2.05, 4.69) is 15.3 Å². The Kier molecular flexibility index (Phi) is 5.27. The Morgan fingerprint density at radius 3 is 2.71 bits per heavy atom. The maximum Gasteiger partial charge on any atom is 0.283 e. The van der Waals surface area contributed by atoms with Gasteiger partial charge in [-0.3, -0.25) is 15.1 Å². The molecule has 110 valence electrons. The molecule has 0 saturated carbocycles. The summed E-state index contributed by atoms with van der Waals surface area (Å²) in [5, 5.41) is 0.744. The number of amides is 1. The van der Waals surface area contributed by atoms with Gasteiger partial charge in [-0.05, 0) is 30.8 Å². The van der Waals surface area contributed by atoms with Crippen LogP contribution >= 0.6 is 11.6 Å². The number of nitrogens with two attached hydrogens (primary N) is 1. The molecule has 0 spiro atoms. The number of aromatic nitrogens is 1. The van der Waals surface area contributed by atoms with Crippen molar-refractivity contribution < 1.29 is 4.79 Å². The minimum atomic E-state index is -0.398. The zero-order valence-corrected chi connectivity index (χ0v) is 12.5. The van der Waals surface area contributed by atoms with E-state index in [0.29, 0.717) is 18.8 Å². The standard InChI is InChI=1S/C15H17ClN4O/c1-20(9-11-5-2-3-7-13(11)16)10-12-6-4-8-14(18-12)15(21)19-17/h2-8H,9-10,17H2,1H3,(H,19,21). The van der Waals surface area contributed by atoms with Crippen molar-refractivity contribution in [3.05, 3.63) is 64.4 Å². The molecular formula is C15H17ClN4O. The second-order valence-electron chi connectivity index (χ2n) is 4.75. The van der Waals surface area contributed by atoms with Gasteiger partial charge in [0.1, 0.15) is 5.69 Å². The zero-order valence-electron chi connectivity index (χ0n) is 11.7. The number of benzene rings is 1. The van der Waals surface area contributed by atoms with Crippen molar-refractivity contribution in [1.82, 2.24) is 15.3 Å². The van der Waals surface area contributed by atoms with Crippen LogP contribution in [0.4, 0.5) is 0 Å². The fourth-order valence-corrected chi connectivity index (χ4v) is 2.21. The third kappa shape index (κ3) is 4.26. The highest BCUT2D eigenvalue weighted by atomic mass is 35.5. The van der Waals surface area contributed by atoms with E-state index in [1.165, 1.54) is 0 Å². The number of nitrogen functional groups attached to an aromatic ring is 1. The van der Waals surface area contributed by atoms with E-state index >= 15 is 0 Å². The van der Waals surface area contributed by atoms with Gasteiger partial charge in [0.05, 0.1) is 5.69 Å². The van der Waals surface area contributed by atoms with Crippen molar-refractivity contribution in [2.75, 3.05) is 7.05 Å². The first-order valence-electron chi connectivity index (χ1n) is 6.49. The van der Waals surface area contributed by atoms with Crippen molar-refractivity contribution in [2.45, 2.75) is 13.1 Å². The summed E-state index contributed by atoms with van der Waals surface area (Å²) >= 11 is 6.15. The van der Waals surface area contributed by atoms with Gasteiger partial charge >= 0.3 is 0 Å². The molecular weight excluding hydrogens is 288 g/mol. The van der Waals surface area contributed by atoms with Crippen molar-refractivity contribution in [3.8, 4) is 0 Å². The van der Waals surface area contributed by atoms with E-state index in [1.54, 1.807) is 12.1 Å². The Balaban J connectivity index is 2.04. The molecule has 1 amide bonds. The molecule has 2 aromatic rings. The maximum absolute atomic E-state index is 11.5. The molecule has 0 radical (unpaired) electrons. The fraction of sp³-hybridized carbons (Fsp3) is 0.200. The van der Waals surface area contributed by atoms with Crippen LogP contribution in [-0.2, 0) is 13.1 Å². The summed E-state index contributed by atoms with van der Waals surface area (Å²) in [7, 11) is 1.97. The minimum Gasteiger partial charge on any atom is -0.296 e. The number of hydrazine groups is 1. The third-order valence-electron chi connectivity index (χ3n) is 3.00. The van der Waals surface area contributed by atoms with Crippen molar-refractivity contribution in [3.63, 3.8) is 0 Å². The van der Waals surface area contributed by atoms with Crippen molar-refractivity contribution in [2.24, 2.45) is 5.84 Å². The fourth-order valence-electron chi connectivity index (χ4n) is 2.02. The number of hydrogen-bond acceptors (Lipinski definition) is 4. The Morgan fingerprint density at radius 2 is 2.00 bits per heavy atom. The molecule has 3 N–H and O–H groups in total. The lowest BCUT2D eigenvalue weighted by molar-refractivity contribution is 0.0948. The van der Waals surface area contributed by atoms with Crippen molar-refractivity contribution >= 4 is 17.5 Å². The molecule has 0 bridgehead atoms. The van der Waals surface area contributed by atoms with Crippen LogP contribution in [0.3, 0.4) is 0 Å². The summed E-state index contributed by atoms with van der Waals surface area (Å²) in [5.41, 5.74) is 4.23. The lowest BCUT2D eigenvalue weighted by Gasteiger charge is -2.17. The molecule has 1 aromatic carbocycles. The average molecular weight is 305 g/mol. The SMILES string of the molecule is CN(Cc1cccc(C(=O)NN)n1)Cc1ccccc1Cl. The number of halogens is 1. The van der Waals surface area contributed by atoms with Crippen LogP contribution in [0.5, 0.6) is 0 Å². The first-order chi connectivity index (χ1) is 10.1. The van der Waals surface area contributed by atoms with Crippen LogP contribution in [0.15, 0.2) is 42.5 Å². The number of carbonyl (C=O) groups is 1. The normalized spacial score (nSPS) is 10.7. The quantitative estimate of drug-likeness (QED) is 0.503. The second-order valence-corrected chi connectivity index (χ2v) is 5.16. The third-order valence-corrected chi connectivity index (χ3v) is 3.37. The summed E-state index contributed by atoms with van der Waals surface area (Å²) in [6, 6.07) is 13.0. The molecule has 1 heterocycles. The predicted octanol–water partition coefficient (Wildman–Crippen LogP) is 1.97. The van der Waals surface area contributed by atoms with Gasteiger partial charge in [-0.25, -0.2) is 10.8 Å². The van der Waals surface area contributed by atoms with Crippen LogP contribution in [0.2, 0.25) is 5.02 Å². The predicted molar refractivity (Wildman–Crippen MR) is 82.5 cm³/mol. The molecule has 6 heteroatoms. The van der Waals surface area contributed by atoms with Gasteiger partial charge in [0, 0.05) is 18.1 Å². The van der Waals surface area contributed by atoms with Gasteiger partial charge in [0.25, 0.3) is 5.91 Å². The summed E-state index contributed by atoms with van der Waals surface area (Å²) < 4.78 is 0. The number of hydrogen-bond donors (Lipinski definition) is 2. The smallest absolute Gasteiger partial charge is 0.283 e. The van der Waals surface area contributed by atoms with Crippen LogP contribution < -0.4 is 11.3 Å². The van der Waals surface area contributed by atoms with Gasteiger partial charge in [0.2, 0.25) is 0 Å². The largest absolute Gasteiger partial charge is 0.296 e. The molecule has 0 saturated heterocycles. The number of nitrogens with zero attached hydrogens (tertiary/aromatic N) is 2. The second kappa shape index (κ2) is 7.17.